The Balaban J connectivity index is 3.06. The van der Waals surface area contributed by atoms with Crippen LogP contribution in [0.5, 0.6) is 0 Å². The zero-order valence-corrected chi connectivity index (χ0v) is 20.0. The molecule has 1 aliphatic heterocycles. The first-order valence-electron chi connectivity index (χ1n) is 11.0. The number of ether oxygens (including phenoxy) is 1. The van der Waals surface area contributed by atoms with Crippen LogP contribution in [0.1, 0.15) is 61.3 Å². The van der Waals surface area contributed by atoms with Gasteiger partial charge in [0.25, 0.3) is 0 Å². The smallest absolute Gasteiger partial charge is 0.333 e. The molecule has 7 nitrogen and oxygen atoms in total. The second-order valence-corrected chi connectivity index (χ2v) is 9.59. The third kappa shape index (κ3) is 7.42. The van der Waals surface area contributed by atoms with Gasteiger partial charge in [0, 0.05) is 18.5 Å². The molecule has 1 saturated heterocycles. The SMILES string of the molecule is CCOC(=O)/C(C)=C/[C@H](C(C)C)N(C)C(=O)[C@@H](NC(=O)C1CCNCC1)C(C)(C)C. The number of nitrogens with one attached hydrogen (secondary N) is 2. The van der Waals surface area contributed by atoms with E-state index in [1.165, 1.54) is 0 Å². The van der Waals surface area contributed by atoms with E-state index >= 15 is 0 Å². The summed E-state index contributed by atoms with van der Waals surface area (Å²) in [6.45, 7) is 15.3. The van der Waals surface area contributed by atoms with Crippen LogP contribution in [-0.4, -0.2) is 61.5 Å². The fraction of sp³-hybridized carbons (Fsp3) is 0.783. The predicted molar refractivity (Wildman–Crippen MR) is 119 cm³/mol. The Kier molecular flexibility index (Phi) is 10.0. The third-order valence-electron chi connectivity index (χ3n) is 5.61. The molecule has 1 aliphatic rings. The van der Waals surface area contributed by atoms with Gasteiger partial charge >= 0.3 is 5.97 Å². The second-order valence-electron chi connectivity index (χ2n) is 9.59. The summed E-state index contributed by atoms with van der Waals surface area (Å²) in [5, 5.41) is 6.29. The van der Waals surface area contributed by atoms with E-state index in [1.807, 2.05) is 34.6 Å². The number of hydrogen-bond donors (Lipinski definition) is 2. The van der Waals surface area contributed by atoms with Crippen LogP contribution in [0.2, 0.25) is 0 Å². The number of carbonyl (C=O) groups is 3. The van der Waals surface area contributed by atoms with E-state index in [0.29, 0.717) is 12.2 Å². The summed E-state index contributed by atoms with van der Waals surface area (Å²) < 4.78 is 5.07. The molecule has 2 N–H and O–H groups in total. The highest BCUT2D eigenvalue weighted by molar-refractivity contribution is 5.90. The van der Waals surface area contributed by atoms with Gasteiger partial charge in [-0.15, -0.1) is 0 Å². The van der Waals surface area contributed by atoms with Gasteiger partial charge in [-0.05, 0) is 51.1 Å². The molecule has 0 unspecified atom stereocenters. The summed E-state index contributed by atoms with van der Waals surface area (Å²) in [6.07, 6.45) is 3.35. The number of amides is 2. The molecule has 0 aliphatic carbocycles. The number of rotatable bonds is 8. The standard InChI is InChI=1S/C23H41N3O4/c1-9-30-22(29)16(4)14-18(15(2)3)26(8)21(28)19(23(5,6)7)25-20(27)17-10-12-24-13-11-17/h14-15,17-19,24H,9-13H2,1-8H3,(H,25,27)/b16-14+/t18-,19-/m1/s1. The minimum absolute atomic E-state index is 0.0579. The molecule has 0 radical (unpaired) electrons. The molecule has 2 atom stereocenters. The molecule has 1 heterocycles. The van der Waals surface area contributed by atoms with E-state index in [4.69, 9.17) is 4.74 Å². The number of carbonyl (C=O) groups excluding carboxylic acids is 3. The zero-order valence-electron chi connectivity index (χ0n) is 20.0. The lowest BCUT2D eigenvalue weighted by Crippen LogP contribution is -2.57. The van der Waals surface area contributed by atoms with E-state index in [9.17, 15) is 14.4 Å². The van der Waals surface area contributed by atoms with E-state index in [2.05, 4.69) is 10.6 Å². The van der Waals surface area contributed by atoms with Crippen LogP contribution in [0, 0.1) is 17.3 Å². The van der Waals surface area contributed by atoms with Gasteiger partial charge in [-0.1, -0.05) is 40.7 Å². The molecule has 7 heteroatoms. The number of esters is 1. The summed E-state index contributed by atoms with van der Waals surface area (Å²) in [6, 6.07) is -0.940. The maximum Gasteiger partial charge on any atom is 0.333 e. The highest BCUT2D eigenvalue weighted by atomic mass is 16.5. The lowest BCUT2D eigenvalue weighted by atomic mass is 9.84. The Bertz CT molecular complexity index is 631. The van der Waals surface area contributed by atoms with Crippen molar-refractivity contribution < 1.29 is 19.1 Å². The van der Waals surface area contributed by atoms with Gasteiger partial charge in [0.1, 0.15) is 6.04 Å². The van der Waals surface area contributed by atoms with Crippen LogP contribution >= 0.6 is 0 Å². The third-order valence-corrected chi connectivity index (χ3v) is 5.61. The summed E-state index contributed by atoms with van der Waals surface area (Å²) in [7, 11) is 1.73. The van der Waals surface area contributed by atoms with E-state index in [0.717, 1.165) is 25.9 Å². The van der Waals surface area contributed by atoms with Crippen molar-refractivity contribution in [2.75, 3.05) is 26.7 Å². The quantitative estimate of drug-likeness (QED) is 0.463. The first-order chi connectivity index (χ1) is 13.9. The van der Waals surface area contributed by atoms with Crippen molar-refractivity contribution in [3.63, 3.8) is 0 Å². The Morgan fingerprint density at radius 1 is 1.20 bits per heavy atom. The van der Waals surface area contributed by atoms with Crippen LogP contribution in [0.4, 0.5) is 0 Å². The second kappa shape index (κ2) is 11.5. The average molecular weight is 424 g/mol. The summed E-state index contributed by atoms with van der Waals surface area (Å²) in [4.78, 5) is 40.0. The van der Waals surface area contributed by atoms with Gasteiger partial charge in [-0.2, -0.15) is 0 Å². The summed E-state index contributed by atoms with van der Waals surface area (Å²) in [5.74, 6) is -0.574. The monoisotopic (exact) mass is 423 g/mol. The van der Waals surface area contributed by atoms with Crippen molar-refractivity contribution in [2.45, 2.75) is 73.4 Å². The Morgan fingerprint density at radius 2 is 1.77 bits per heavy atom. The maximum absolute atomic E-state index is 13.5. The average Bonchev–Trinajstić information content (AvgIpc) is 2.68. The molecule has 1 rings (SSSR count). The van der Waals surface area contributed by atoms with Gasteiger partial charge in [0.05, 0.1) is 12.6 Å². The topological polar surface area (TPSA) is 87.7 Å². The van der Waals surface area contributed by atoms with Crippen molar-refractivity contribution in [3.05, 3.63) is 11.6 Å². The molecule has 0 aromatic heterocycles. The largest absolute Gasteiger partial charge is 0.463 e. The van der Waals surface area contributed by atoms with Crippen molar-refractivity contribution >= 4 is 17.8 Å². The van der Waals surface area contributed by atoms with Crippen molar-refractivity contribution in [2.24, 2.45) is 17.3 Å². The predicted octanol–water partition coefficient (Wildman–Crippen LogP) is 2.51. The first-order valence-corrected chi connectivity index (χ1v) is 11.0. The highest BCUT2D eigenvalue weighted by Gasteiger charge is 2.38. The van der Waals surface area contributed by atoms with Crippen LogP contribution in [0.3, 0.4) is 0 Å². The fourth-order valence-electron chi connectivity index (χ4n) is 3.66. The minimum Gasteiger partial charge on any atom is -0.463 e. The molecular weight excluding hydrogens is 382 g/mol. The molecule has 0 aromatic rings. The van der Waals surface area contributed by atoms with Crippen molar-refractivity contribution in [3.8, 4) is 0 Å². The Morgan fingerprint density at radius 3 is 2.23 bits per heavy atom. The molecular formula is C23H41N3O4. The maximum atomic E-state index is 13.5. The van der Waals surface area contributed by atoms with Gasteiger partial charge in [-0.25, -0.2) is 4.79 Å². The van der Waals surface area contributed by atoms with Crippen LogP contribution < -0.4 is 10.6 Å². The van der Waals surface area contributed by atoms with Gasteiger partial charge in [-0.3, -0.25) is 9.59 Å². The van der Waals surface area contributed by atoms with Crippen molar-refractivity contribution in [1.29, 1.82) is 0 Å². The van der Waals surface area contributed by atoms with Gasteiger partial charge in [0.2, 0.25) is 11.8 Å². The number of piperidine rings is 1. The molecule has 30 heavy (non-hydrogen) atoms. The molecule has 0 spiro atoms. The molecule has 2 amide bonds. The lowest BCUT2D eigenvalue weighted by Gasteiger charge is -2.38. The lowest BCUT2D eigenvalue weighted by molar-refractivity contribution is -0.141. The first kappa shape index (κ1) is 26.1. The van der Waals surface area contributed by atoms with Crippen LogP contribution in [-0.2, 0) is 19.1 Å². The van der Waals surface area contributed by atoms with E-state index in [-0.39, 0.29) is 35.7 Å². The molecule has 0 aromatic carbocycles. The molecule has 0 saturated carbocycles. The summed E-state index contributed by atoms with van der Waals surface area (Å²) in [5.41, 5.74) is 0.0243. The van der Waals surface area contributed by atoms with Gasteiger partial charge in [0.15, 0.2) is 0 Å². The number of nitrogens with zero attached hydrogens (tertiary/aromatic N) is 1. The summed E-state index contributed by atoms with van der Waals surface area (Å²) >= 11 is 0. The Labute approximate surface area is 182 Å². The molecule has 1 fully saturated rings. The van der Waals surface area contributed by atoms with Crippen molar-refractivity contribution in [1.82, 2.24) is 15.5 Å². The Hall–Kier alpha value is -1.89. The fourth-order valence-corrected chi connectivity index (χ4v) is 3.66. The molecule has 0 bridgehead atoms. The minimum atomic E-state index is -0.651. The zero-order chi connectivity index (χ0) is 23.1. The van der Waals surface area contributed by atoms with Crippen LogP contribution in [0.25, 0.3) is 0 Å². The number of likely N-dealkylation sites (N-methyl/N-ethyl adjacent to an activating group) is 1. The van der Waals surface area contributed by atoms with Gasteiger partial charge < -0.3 is 20.3 Å². The number of hydrogen-bond acceptors (Lipinski definition) is 5. The van der Waals surface area contributed by atoms with E-state index < -0.39 is 11.5 Å². The van der Waals surface area contributed by atoms with Crippen LogP contribution in [0.15, 0.2) is 11.6 Å². The molecule has 172 valence electrons. The highest BCUT2D eigenvalue weighted by Crippen LogP contribution is 2.25. The normalized spacial score (nSPS) is 18.0. The van der Waals surface area contributed by atoms with E-state index in [1.54, 1.807) is 31.9 Å².